The van der Waals surface area contributed by atoms with E-state index in [0.717, 1.165) is 28.7 Å². The summed E-state index contributed by atoms with van der Waals surface area (Å²) in [5, 5.41) is 0. The lowest BCUT2D eigenvalue weighted by Crippen LogP contribution is -1.98. The lowest BCUT2D eigenvalue weighted by Gasteiger charge is -2.11. The Kier molecular flexibility index (Phi) is 5.42. The molecule has 0 bridgehead atoms. The van der Waals surface area contributed by atoms with E-state index in [1.54, 1.807) is 18.3 Å². The van der Waals surface area contributed by atoms with Crippen LogP contribution in [0, 0.1) is 0 Å². The highest BCUT2D eigenvalue weighted by atomic mass is 16.5. The number of benzene rings is 2. The van der Waals surface area contributed by atoms with Crippen LogP contribution in [0.1, 0.15) is 22.8 Å². The number of hydrogen-bond donors (Lipinski definition) is 0. The molecule has 0 aliphatic heterocycles. The summed E-state index contributed by atoms with van der Waals surface area (Å²) in [5.41, 5.74) is 3.40. The van der Waals surface area contributed by atoms with Crippen LogP contribution in [0.2, 0.25) is 0 Å². The topological polar surface area (TPSA) is 48.4 Å². The molecule has 4 nitrogen and oxygen atoms in total. The van der Waals surface area contributed by atoms with Crippen molar-refractivity contribution in [2.24, 2.45) is 0 Å². The molecule has 2 aromatic carbocycles. The van der Waals surface area contributed by atoms with Crippen molar-refractivity contribution in [3.05, 3.63) is 78.0 Å². The number of hydrogen-bond acceptors (Lipinski definition) is 4. The SMILES string of the molecule is CCOc1ccc(C=O)cc1-c1ccc(OCc2ccccc2)nc1. The molecule has 3 aromatic rings. The molecule has 0 saturated carbocycles. The van der Waals surface area contributed by atoms with Gasteiger partial charge in [0.15, 0.2) is 0 Å². The molecule has 0 unspecified atom stereocenters. The van der Waals surface area contributed by atoms with Crippen LogP contribution in [0.5, 0.6) is 11.6 Å². The van der Waals surface area contributed by atoms with Crippen molar-refractivity contribution in [1.29, 1.82) is 0 Å². The molecule has 3 rings (SSSR count). The molecule has 0 saturated heterocycles. The number of carbonyl (C=O) groups is 1. The van der Waals surface area contributed by atoms with E-state index in [1.165, 1.54) is 0 Å². The number of carbonyl (C=O) groups excluding carboxylic acids is 1. The Balaban J connectivity index is 1.78. The predicted molar refractivity (Wildman–Crippen MR) is 97.0 cm³/mol. The highest BCUT2D eigenvalue weighted by Gasteiger charge is 2.09. The molecule has 0 aliphatic carbocycles. The minimum Gasteiger partial charge on any atom is -0.493 e. The summed E-state index contributed by atoms with van der Waals surface area (Å²) in [6.07, 6.45) is 2.55. The van der Waals surface area contributed by atoms with Crippen molar-refractivity contribution < 1.29 is 14.3 Å². The van der Waals surface area contributed by atoms with Crippen LogP contribution in [0.3, 0.4) is 0 Å². The van der Waals surface area contributed by atoms with E-state index in [-0.39, 0.29) is 0 Å². The van der Waals surface area contributed by atoms with E-state index in [0.29, 0.717) is 24.7 Å². The quantitative estimate of drug-likeness (QED) is 0.596. The summed E-state index contributed by atoms with van der Waals surface area (Å²) < 4.78 is 11.4. The fourth-order valence-corrected chi connectivity index (χ4v) is 2.48. The molecule has 0 N–H and O–H groups in total. The van der Waals surface area contributed by atoms with Crippen LogP contribution in [-0.2, 0) is 6.61 Å². The zero-order valence-electron chi connectivity index (χ0n) is 14.0. The van der Waals surface area contributed by atoms with Crippen molar-refractivity contribution in [3.63, 3.8) is 0 Å². The first-order chi connectivity index (χ1) is 12.3. The summed E-state index contributed by atoms with van der Waals surface area (Å²) >= 11 is 0. The van der Waals surface area contributed by atoms with Gasteiger partial charge in [-0.3, -0.25) is 4.79 Å². The van der Waals surface area contributed by atoms with E-state index in [4.69, 9.17) is 9.47 Å². The summed E-state index contributed by atoms with van der Waals surface area (Å²) in [4.78, 5) is 15.4. The van der Waals surface area contributed by atoms with Gasteiger partial charge in [-0.05, 0) is 36.8 Å². The Morgan fingerprint density at radius 1 is 1.00 bits per heavy atom. The first-order valence-electron chi connectivity index (χ1n) is 8.15. The zero-order valence-corrected chi connectivity index (χ0v) is 14.0. The fourth-order valence-electron chi connectivity index (χ4n) is 2.48. The Hall–Kier alpha value is -3.14. The average molecular weight is 333 g/mol. The summed E-state index contributed by atoms with van der Waals surface area (Å²) in [7, 11) is 0. The Bertz CT molecular complexity index is 830. The van der Waals surface area contributed by atoms with E-state index < -0.39 is 0 Å². The Morgan fingerprint density at radius 2 is 1.84 bits per heavy atom. The highest BCUT2D eigenvalue weighted by molar-refractivity contribution is 5.81. The molecule has 0 atom stereocenters. The summed E-state index contributed by atoms with van der Waals surface area (Å²) in [6, 6.07) is 19.0. The number of nitrogens with zero attached hydrogens (tertiary/aromatic N) is 1. The van der Waals surface area contributed by atoms with E-state index in [9.17, 15) is 4.79 Å². The second-order valence-electron chi connectivity index (χ2n) is 5.47. The maximum atomic E-state index is 11.1. The van der Waals surface area contributed by atoms with Gasteiger partial charge >= 0.3 is 0 Å². The molecular formula is C21H19NO3. The number of ether oxygens (including phenoxy) is 2. The van der Waals surface area contributed by atoms with E-state index >= 15 is 0 Å². The van der Waals surface area contributed by atoms with E-state index in [1.807, 2.05) is 55.5 Å². The predicted octanol–water partition coefficient (Wildman–Crippen LogP) is 4.54. The molecule has 1 heterocycles. The second kappa shape index (κ2) is 8.11. The maximum absolute atomic E-state index is 11.1. The van der Waals surface area contributed by atoms with Crippen molar-refractivity contribution in [2.45, 2.75) is 13.5 Å². The second-order valence-corrected chi connectivity index (χ2v) is 5.47. The van der Waals surface area contributed by atoms with Crippen LogP contribution in [0.15, 0.2) is 66.9 Å². The van der Waals surface area contributed by atoms with Gasteiger partial charge in [0, 0.05) is 29.0 Å². The van der Waals surface area contributed by atoms with Gasteiger partial charge in [0.25, 0.3) is 0 Å². The van der Waals surface area contributed by atoms with Gasteiger partial charge in [-0.2, -0.15) is 0 Å². The third-order valence-electron chi connectivity index (χ3n) is 3.72. The zero-order chi connectivity index (χ0) is 17.5. The molecule has 0 aliphatic rings. The monoisotopic (exact) mass is 333 g/mol. The molecule has 0 radical (unpaired) electrons. The highest BCUT2D eigenvalue weighted by Crippen LogP contribution is 2.31. The third-order valence-corrected chi connectivity index (χ3v) is 3.72. The Morgan fingerprint density at radius 3 is 2.52 bits per heavy atom. The largest absolute Gasteiger partial charge is 0.493 e. The van der Waals surface area contributed by atoms with Crippen LogP contribution in [-0.4, -0.2) is 17.9 Å². The lowest BCUT2D eigenvalue weighted by atomic mass is 10.0. The van der Waals surface area contributed by atoms with Crippen molar-refractivity contribution in [2.75, 3.05) is 6.61 Å². The minimum absolute atomic E-state index is 0.470. The van der Waals surface area contributed by atoms with Gasteiger partial charge < -0.3 is 9.47 Å². The van der Waals surface area contributed by atoms with Gasteiger partial charge in [0.2, 0.25) is 5.88 Å². The van der Waals surface area contributed by atoms with Crippen molar-refractivity contribution >= 4 is 6.29 Å². The van der Waals surface area contributed by atoms with E-state index in [2.05, 4.69) is 4.98 Å². The molecule has 0 spiro atoms. The summed E-state index contributed by atoms with van der Waals surface area (Å²) in [6.45, 7) is 2.95. The Labute approximate surface area is 147 Å². The normalized spacial score (nSPS) is 10.3. The molecular weight excluding hydrogens is 314 g/mol. The fraction of sp³-hybridized carbons (Fsp3) is 0.143. The number of aldehydes is 1. The first kappa shape index (κ1) is 16.7. The average Bonchev–Trinajstić information content (AvgIpc) is 2.68. The third kappa shape index (κ3) is 4.23. The van der Waals surface area contributed by atoms with Gasteiger partial charge in [-0.1, -0.05) is 30.3 Å². The first-order valence-corrected chi connectivity index (χ1v) is 8.15. The van der Waals surface area contributed by atoms with Crippen LogP contribution < -0.4 is 9.47 Å². The molecule has 1 aromatic heterocycles. The van der Waals surface area contributed by atoms with Crippen LogP contribution in [0.4, 0.5) is 0 Å². The van der Waals surface area contributed by atoms with Crippen LogP contribution in [0.25, 0.3) is 11.1 Å². The minimum atomic E-state index is 0.470. The lowest BCUT2D eigenvalue weighted by molar-refractivity contribution is 0.112. The van der Waals surface area contributed by atoms with Crippen molar-refractivity contribution in [3.8, 4) is 22.8 Å². The maximum Gasteiger partial charge on any atom is 0.213 e. The van der Waals surface area contributed by atoms with Gasteiger partial charge in [0.05, 0.1) is 6.61 Å². The molecule has 25 heavy (non-hydrogen) atoms. The molecule has 0 amide bonds. The number of aromatic nitrogens is 1. The molecule has 126 valence electrons. The van der Waals surface area contributed by atoms with Gasteiger partial charge in [-0.15, -0.1) is 0 Å². The molecule has 0 fully saturated rings. The van der Waals surface area contributed by atoms with Crippen molar-refractivity contribution in [1.82, 2.24) is 4.98 Å². The number of rotatable bonds is 7. The van der Waals surface area contributed by atoms with Crippen LogP contribution >= 0.6 is 0 Å². The summed E-state index contributed by atoms with van der Waals surface area (Å²) in [5.74, 6) is 1.28. The standard InChI is InChI=1S/C21H19NO3/c1-2-24-20-10-8-17(14-23)12-19(20)18-9-11-21(22-13-18)25-15-16-6-4-3-5-7-16/h3-14H,2,15H2,1H3. The van der Waals surface area contributed by atoms with Gasteiger partial charge in [0.1, 0.15) is 18.6 Å². The van der Waals surface area contributed by atoms with Gasteiger partial charge in [-0.25, -0.2) is 4.98 Å². The number of pyridine rings is 1. The molecule has 4 heteroatoms. The smallest absolute Gasteiger partial charge is 0.213 e.